The highest BCUT2D eigenvalue weighted by Crippen LogP contribution is 2.29. The van der Waals surface area contributed by atoms with E-state index in [-0.39, 0.29) is 43.8 Å². The summed E-state index contributed by atoms with van der Waals surface area (Å²) in [5.74, 6) is 0.817. The van der Waals surface area contributed by atoms with E-state index < -0.39 is 12.1 Å². The third-order valence-corrected chi connectivity index (χ3v) is 7.80. The van der Waals surface area contributed by atoms with Gasteiger partial charge in [0.1, 0.15) is 11.9 Å². The molecule has 0 saturated carbocycles. The van der Waals surface area contributed by atoms with Gasteiger partial charge in [-0.25, -0.2) is 4.98 Å². The Bertz CT molecular complexity index is 1720. The van der Waals surface area contributed by atoms with Crippen molar-refractivity contribution in [1.29, 1.82) is 0 Å². The number of rotatable bonds is 2. The number of hydrogen-bond donors (Lipinski definition) is 2. The lowest BCUT2D eigenvalue weighted by Gasteiger charge is -2.21. The van der Waals surface area contributed by atoms with Crippen LogP contribution in [0.1, 0.15) is 39.3 Å². The summed E-state index contributed by atoms with van der Waals surface area (Å²) in [6.45, 7) is 4.21. The number of amides is 3. The lowest BCUT2D eigenvalue weighted by Crippen LogP contribution is -2.45. The van der Waals surface area contributed by atoms with E-state index >= 15 is 0 Å². The van der Waals surface area contributed by atoms with Gasteiger partial charge in [-0.3, -0.25) is 14.4 Å². The Morgan fingerprint density at radius 3 is 2.59 bits per heavy atom. The quantitative estimate of drug-likeness (QED) is 0.355. The van der Waals surface area contributed by atoms with Gasteiger partial charge >= 0.3 is 0 Å². The molecule has 1 saturated heterocycles. The van der Waals surface area contributed by atoms with Gasteiger partial charge in [-0.05, 0) is 61.7 Å². The van der Waals surface area contributed by atoms with Crippen LogP contribution in [-0.4, -0.2) is 71.7 Å². The third kappa shape index (κ3) is 6.14. The fourth-order valence-corrected chi connectivity index (χ4v) is 5.54. The zero-order valence-corrected chi connectivity index (χ0v) is 24.7. The van der Waals surface area contributed by atoms with Crippen LogP contribution in [0.2, 0.25) is 0 Å². The standard InChI is InChI=1S/C32H33N5O7/c1-18-12-23(30-19(2)36-44-31(30)34-18)32(40)37-15-24-27(16-37)43-22-8-4-21(5-9-22)14-33-29(39)17-42-26-13-20(6-10-25(26)41-3)7-11-28(38)35-24/h4-6,8-10,12-13,24,27H,7,11,14-17H2,1-3H3,(H,33,39)(H,35,38)/t24-,27-/m0/s1. The highest BCUT2D eigenvalue weighted by Gasteiger charge is 2.39. The van der Waals surface area contributed by atoms with E-state index in [1.165, 1.54) is 7.11 Å². The predicted molar refractivity (Wildman–Crippen MR) is 159 cm³/mol. The molecule has 12 nitrogen and oxygen atoms in total. The lowest BCUT2D eigenvalue weighted by atomic mass is 10.1. The number of methoxy groups -OCH3 is 1. The number of carbonyl (C=O) groups excluding carboxylic acids is 3. The van der Waals surface area contributed by atoms with Crippen LogP contribution >= 0.6 is 0 Å². The molecule has 2 aromatic carbocycles. The highest BCUT2D eigenvalue weighted by molar-refractivity contribution is 6.06. The molecule has 2 N–H and O–H groups in total. The third-order valence-electron chi connectivity index (χ3n) is 7.80. The summed E-state index contributed by atoms with van der Waals surface area (Å²) in [6.07, 6.45) is 0.127. The molecule has 3 aliphatic heterocycles. The Labute approximate surface area is 253 Å². The van der Waals surface area contributed by atoms with Crippen molar-refractivity contribution in [2.45, 2.75) is 45.4 Å². The molecule has 4 aromatic rings. The van der Waals surface area contributed by atoms with Crippen LogP contribution in [0.5, 0.6) is 17.2 Å². The number of nitrogens with zero attached hydrogens (tertiary/aromatic N) is 3. The Hall–Kier alpha value is -5.13. The van der Waals surface area contributed by atoms with Crippen LogP contribution in [0.3, 0.4) is 0 Å². The molecule has 7 rings (SSSR count). The van der Waals surface area contributed by atoms with Crippen LogP contribution in [0, 0.1) is 13.8 Å². The van der Waals surface area contributed by atoms with Gasteiger partial charge in [0.25, 0.3) is 17.5 Å². The van der Waals surface area contributed by atoms with Gasteiger partial charge in [-0.2, -0.15) is 0 Å². The Balaban J connectivity index is 1.27. The minimum atomic E-state index is -0.501. The van der Waals surface area contributed by atoms with E-state index in [9.17, 15) is 14.4 Å². The number of fused-ring (bicyclic) bond motifs is 10. The van der Waals surface area contributed by atoms with Crippen molar-refractivity contribution in [3.8, 4) is 17.2 Å². The van der Waals surface area contributed by atoms with E-state index in [4.69, 9.17) is 18.7 Å². The van der Waals surface area contributed by atoms with Crippen LogP contribution in [0.15, 0.2) is 53.1 Å². The molecule has 0 spiro atoms. The molecule has 2 aromatic heterocycles. The average Bonchev–Trinajstić information content (AvgIpc) is 3.59. The molecule has 12 heteroatoms. The predicted octanol–water partition coefficient (Wildman–Crippen LogP) is 2.88. The van der Waals surface area contributed by atoms with Gasteiger partial charge in [-0.15, -0.1) is 0 Å². The zero-order chi connectivity index (χ0) is 30.8. The van der Waals surface area contributed by atoms with Crippen molar-refractivity contribution in [3.63, 3.8) is 0 Å². The van der Waals surface area contributed by atoms with E-state index in [0.717, 1.165) is 11.1 Å². The Kier molecular flexibility index (Phi) is 8.05. The van der Waals surface area contributed by atoms with Crippen molar-refractivity contribution in [2.24, 2.45) is 0 Å². The summed E-state index contributed by atoms with van der Waals surface area (Å²) in [5.41, 5.74) is 3.70. The molecule has 3 amide bonds. The van der Waals surface area contributed by atoms with Gasteiger partial charge in [0.05, 0.1) is 36.3 Å². The van der Waals surface area contributed by atoms with Gasteiger partial charge in [-0.1, -0.05) is 23.4 Å². The minimum absolute atomic E-state index is 0.179. The van der Waals surface area contributed by atoms with Crippen LogP contribution < -0.4 is 24.8 Å². The maximum Gasteiger partial charge on any atom is 0.258 e. The number of nitrogens with one attached hydrogen (secondary N) is 2. The molecule has 2 atom stereocenters. The average molecular weight is 600 g/mol. The monoisotopic (exact) mass is 599 g/mol. The maximum atomic E-state index is 13.9. The normalized spacial score (nSPS) is 19.1. The lowest BCUT2D eigenvalue weighted by molar-refractivity contribution is -0.123. The molecule has 0 unspecified atom stereocenters. The maximum absolute atomic E-state index is 13.9. The van der Waals surface area contributed by atoms with Crippen molar-refractivity contribution in [3.05, 3.63) is 76.6 Å². The van der Waals surface area contributed by atoms with Crippen molar-refractivity contribution in [1.82, 2.24) is 25.7 Å². The van der Waals surface area contributed by atoms with Crippen molar-refractivity contribution < 1.29 is 33.1 Å². The number of pyridine rings is 1. The number of carbonyl (C=O) groups is 3. The number of aryl methyl sites for hydroxylation is 3. The summed E-state index contributed by atoms with van der Waals surface area (Å²) in [4.78, 5) is 45.6. The molecule has 3 aliphatic rings. The van der Waals surface area contributed by atoms with E-state index in [1.54, 1.807) is 36.9 Å². The van der Waals surface area contributed by atoms with E-state index in [2.05, 4.69) is 20.8 Å². The number of benzene rings is 2. The second kappa shape index (κ2) is 12.2. The molecule has 0 radical (unpaired) electrons. The first kappa shape index (κ1) is 29.0. The molecule has 1 fully saturated rings. The summed E-state index contributed by atoms with van der Waals surface area (Å²) in [6, 6.07) is 14.0. The highest BCUT2D eigenvalue weighted by atomic mass is 16.5. The van der Waals surface area contributed by atoms with Crippen molar-refractivity contribution in [2.75, 3.05) is 26.8 Å². The second-order valence-electron chi connectivity index (χ2n) is 11.0. The first-order valence-corrected chi connectivity index (χ1v) is 14.4. The first-order chi connectivity index (χ1) is 21.3. The number of likely N-dealkylation sites (tertiary alicyclic amines) is 1. The Morgan fingerprint density at radius 1 is 1.00 bits per heavy atom. The van der Waals surface area contributed by atoms with Gasteiger partial charge < -0.3 is 34.3 Å². The van der Waals surface area contributed by atoms with Gasteiger partial charge in [0.15, 0.2) is 18.1 Å². The number of aromatic nitrogens is 2. The van der Waals surface area contributed by atoms with Crippen LogP contribution in [0.4, 0.5) is 0 Å². The van der Waals surface area contributed by atoms with Crippen molar-refractivity contribution >= 4 is 28.8 Å². The number of hydrogen-bond acceptors (Lipinski definition) is 9. The molecule has 0 aliphatic carbocycles. The first-order valence-electron chi connectivity index (χ1n) is 14.4. The molecular weight excluding hydrogens is 566 g/mol. The SMILES string of the molecule is COc1ccc2cc1OCC(=O)NCc1ccc(cc1)O[C@H]1CN(C(=O)c3cc(C)nc4onc(C)c34)C[C@@H]1NC(=O)CC2. The largest absolute Gasteiger partial charge is 0.493 e. The summed E-state index contributed by atoms with van der Waals surface area (Å²) < 4.78 is 22.8. The molecule has 44 heavy (non-hydrogen) atoms. The topological polar surface area (TPSA) is 145 Å². The molecular formula is C32H33N5O7. The smallest absolute Gasteiger partial charge is 0.258 e. The fraction of sp³-hybridized carbons (Fsp3) is 0.344. The van der Waals surface area contributed by atoms with Gasteiger partial charge in [0, 0.05) is 25.2 Å². The second-order valence-corrected chi connectivity index (χ2v) is 11.0. The summed E-state index contributed by atoms with van der Waals surface area (Å²) in [7, 11) is 1.53. The van der Waals surface area contributed by atoms with Crippen LogP contribution in [-0.2, 0) is 22.6 Å². The molecule has 4 bridgehead atoms. The van der Waals surface area contributed by atoms with Crippen LogP contribution in [0.25, 0.3) is 11.1 Å². The zero-order valence-electron chi connectivity index (χ0n) is 24.7. The summed E-state index contributed by atoms with van der Waals surface area (Å²) >= 11 is 0. The van der Waals surface area contributed by atoms with Gasteiger partial charge in [0.2, 0.25) is 5.91 Å². The van der Waals surface area contributed by atoms with E-state index in [1.807, 2.05) is 30.3 Å². The molecule has 5 heterocycles. The number of ether oxygens (including phenoxy) is 3. The molecule has 228 valence electrons. The minimum Gasteiger partial charge on any atom is -0.493 e. The van der Waals surface area contributed by atoms with E-state index in [0.29, 0.717) is 58.3 Å². The fourth-order valence-electron chi connectivity index (χ4n) is 5.54. The summed E-state index contributed by atoms with van der Waals surface area (Å²) in [5, 5.41) is 10.5. The Morgan fingerprint density at radius 2 is 1.80 bits per heavy atom.